The number of fused-ring (bicyclic) bond motifs is 1. The molecule has 3 nitrogen and oxygen atoms in total. The van der Waals surface area contributed by atoms with Crippen molar-refractivity contribution in [3.8, 4) is 0 Å². The van der Waals surface area contributed by atoms with Gasteiger partial charge in [-0.2, -0.15) is 0 Å². The van der Waals surface area contributed by atoms with Crippen LogP contribution in [0.4, 0.5) is 0 Å². The van der Waals surface area contributed by atoms with Crippen molar-refractivity contribution in [3.05, 3.63) is 36.0 Å². The molecule has 0 radical (unpaired) electrons. The first kappa shape index (κ1) is 13.1. The van der Waals surface area contributed by atoms with Crippen molar-refractivity contribution < 1.29 is 4.74 Å². The minimum Gasteiger partial charge on any atom is -0.377 e. The molecule has 18 heavy (non-hydrogen) atoms. The first-order valence-corrected chi connectivity index (χ1v) is 6.54. The lowest BCUT2D eigenvalue weighted by atomic mass is 10.1. The molecule has 0 unspecified atom stereocenters. The Morgan fingerprint density at radius 2 is 2.11 bits per heavy atom. The van der Waals surface area contributed by atoms with E-state index in [-0.39, 0.29) is 0 Å². The van der Waals surface area contributed by atoms with Gasteiger partial charge < -0.3 is 14.6 Å². The van der Waals surface area contributed by atoms with Crippen LogP contribution in [0.5, 0.6) is 0 Å². The van der Waals surface area contributed by atoms with Crippen molar-refractivity contribution in [2.45, 2.75) is 33.0 Å². The fourth-order valence-corrected chi connectivity index (χ4v) is 2.13. The number of benzene rings is 1. The third-order valence-corrected chi connectivity index (χ3v) is 3.00. The van der Waals surface area contributed by atoms with E-state index in [2.05, 4.69) is 54.2 Å². The first-order valence-electron chi connectivity index (χ1n) is 6.54. The molecule has 0 fully saturated rings. The molecule has 0 amide bonds. The molecule has 1 heterocycles. The van der Waals surface area contributed by atoms with Gasteiger partial charge in [-0.3, -0.25) is 0 Å². The standard InChI is InChI=1S/C15H22N2O/c1-12(2)18-9-8-17-7-6-14-5-4-13(11-16-3)10-15(14)17/h4-7,10,12,16H,8-9,11H2,1-3H3. The van der Waals surface area contributed by atoms with Crippen LogP contribution in [0.1, 0.15) is 19.4 Å². The van der Waals surface area contributed by atoms with Crippen LogP contribution in [0, 0.1) is 0 Å². The van der Waals surface area contributed by atoms with Gasteiger partial charge in [0.1, 0.15) is 0 Å². The summed E-state index contributed by atoms with van der Waals surface area (Å²) in [5, 5.41) is 4.48. The SMILES string of the molecule is CNCc1ccc2ccn(CCOC(C)C)c2c1. The van der Waals surface area contributed by atoms with Crippen molar-refractivity contribution >= 4 is 10.9 Å². The zero-order valence-corrected chi connectivity index (χ0v) is 11.4. The third kappa shape index (κ3) is 3.12. The molecule has 1 N–H and O–H groups in total. The van der Waals surface area contributed by atoms with Gasteiger partial charge in [-0.05, 0) is 44.0 Å². The summed E-state index contributed by atoms with van der Waals surface area (Å²) < 4.78 is 7.87. The smallest absolute Gasteiger partial charge is 0.0649 e. The first-order chi connectivity index (χ1) is 8.70. The van der Waals surface area contributed by atoms with Crippen molar-refractivity contribution in [1.29, 1.82) is 0 Å². The highest BCUT2D eigenvalue weighted by Gasteiger charge is 2.02. The lowest BCUT2D eigenvalue weighted by Crippen LogP contribution is -2.10. The summed E-state index contributed by atoms with van der Waals surface area (Å²) in [4.78, 5) is 0. The fraction of sp³-hybridized carbons (Fsp3) is 0.467. The molecular formula is C15H22N2O. The second kappa shape index (κ2) is 6.03. The fourth-order valence-electron chi connectivity index (χ4n) is 2.13. The Balaban J connectivity index is 2.14. The van der Waals surface area contributed by atoms with Gasteiger partial charge in [0.15, 0.2) is 0 Å². The maximum Gasteiger partial charge on any atom is 0.0649 e. The van der Waals surface area contributed by atoms with Gasteiger partial charge in [0.25, 0.3) is 0 Å². The molecule has 0 aliphatic rings. The van der Waals surface area contributed by atoms with Crippen molar-refractivity contribution in [2.24, 2.45) is 0 Å². The highest BCUT2D eigenvalue weighted by molar-refractivity contribution is 5.80. The molecule has 98 valence electrons. The highest BCUT2D eigenvalue weighted by atomic mass is 16.5. The van der Waals surface area contributed by atoms with Gasteiger partial charge in [0.05, 0.1) is 12.7 Å². The minimum absolute atomic E-state index is 0.298. The van der Waals surface area contributed by atoms with Crippen LogP contribution in [-0.2, 0) is 17.8 Å². The molecule has 0 atom stereocenters. The van der Waals surface area contributed by atoms with Gasteiger partial charge in [-0.15, -0.1) is 0 Å². The molecule has 3 heteroatoms. The van der Waals surface area contributed by atoms with E-state index in [0.29, 0.717) is 6.10 Å². The Morgan fingerprint density at radius 3 is 2.83 bits per heavy atom. The molecule has 2 rings (SSSR count). The normalized spacial score (nSPS) is 11.6. The highest BCUT2D eigenvalue weighted by Crippen LogP contribution is 2.17. The Bertz CT molecular complexity index is 502. The molecule has 0 aliphatic heterocycles. The number of nitrogens with zero attached hydrogens (tertiary/aromatic N) is 1. The lowest BCUT2D eigenvalue weighted by Gasteiger charge is -2.10. The number of nitrogens with one attached hydrogen (secondary N) is 1. The summed E-state index contributed by atoms with van der Waals surface area (Å²) in [6.45, 7) is 6.71. The van der Waals surface area contributed by atoms with E-state index in [4.69, 9.17) is 4.74 Å². The van der Waals surface area contributed by atoms with Crippen LogP contribution in [0.3, 0.4) is 0 Å². The Morgan fingerprint density at radius 1 is 1.28 bits per heavy atom. The molecule has 0 spiro atoms. The topological polar surface area (TPSA) is 26.2 Å². The number of ether oxygens (including phenoxy) is 1. The Hall–Kier alpha value is -1.32. The summed E-state index contributed by atoms with van der Waals surface area (Å²) in [7, 11) is 1.97. The Labute approximate surface area is 109 Å². The summed E-state index contributed by atoms with van der Waals surface area (Å²) in [5.74, 6) is 0. The van der Waals surface area contributed by atoms with Crippen LogP contribution in [0.25, 0.3) is 10.9 Å². The summed E-state index contributed by atoms with van der Waals surface area (Å²) in [5.41, 5.74) is 2.60. The van der Waals surface area contributed by atoms with Crippen LogP contribution in [0.15, 0.2) is 30.5 Å². The van der Waals surface area contributed by atoms with E-state index in [0.717, 1.165) is 19.7 Å². The van der Waals surface area contributed by atoms with Crippen molar-refractivity contribution in [1.82, 2.24) is 9.88 Å². The van der Waals surface area contributed by atoms with E-state index in [1.165, 1.54) is 16.5 Å². The predicted molar refractivity (Wildman–Crippen MR) is 75.8 cm³/mol. The third-order valence-electron chi connectivity index (χ3n) is 3.00. The largest absolute Gasteiger partial charge is 0.377 e. The maximum atomic E-state index is 5.61. The maximum absolute atomic E-state index is 5.61. The van der Waals surface area contributed by atoms with E-state index < -0.39 is 0 Å². The van der Waals surface area contributed by atoms with Crippen molar-refractivity contribution in [3.63, 3.8) is 0 Å². The monoisotopic (exact) mass is 246 g/mol. The van der Waals surface area contributed by atoms with Crippen LogP contribution in [-0.4, -0.2) is 24.3 Å². The molecule has 0 aliphatic carbocycles. The molecule has 0 saturated heterocycles. The molecule has 2 aromatic rings. The van der Waals surface area contributed by atoms with E-state index >= 15 is 0 Å². The zero-order chi connectivity index (χ0) is 13.0. The number of hydrogen-bond donors (Lipinski definition) is 1. The minimum atomic E-state index is 0.298. The zero-order valence-electron chi connectivity index (χ0n) is 11.4. The van der Waals surface area contributed by atoms with Gasteiger partial charge in [0.2, 0.25) is 0 Å². The summed E-state index contributed by atoms with van der Waals surface area (Å²) >= 11 is 0. The summed E-state index contributed by atoms with van der Waals surface area (Å²) in [6.07, 6.45) is 2.43. The number of hydrogen-bond acceptors (Lipinski definition) is 2. The number of aromatic nitrogens is 1. The molecule has 0 bridgehead atoms. The van der Waals surface area contributed by atoms with E-state index in [9.17, 15) is 0 Å². The molecule has 1 aromatic carbocycles. The quantitative estimate of drug-likeness (QED) is 0.848. The Kier molecular flexibility index (Phi) is 4.39. The van der Waals surface area contributed by atoms with Gasteiger partial charge in [-0.1, -0.05) is 12.1 Å². The molecular weight excluding hydrogens is 224 g/mol. The average molecular weight is 246 g/mol. The van der Waals surface area contributed by atoms with E-state index in [1.807, 2.05) is 7.05 Å². The second-order valence-corrected chi connectivity index (χ2v) is 4.85. The summed E-state index contributed by atoms with van der Waals surface area (Å²) in [6, 6.07) is 8.77. The van der Waals surface area contributed by atoms with Crippen LogP contribution >= 0.6 is 0 Å². The lowest BCUT2D eigenvalue weighted by molar-refractivity contribution is 0.0733. The number of rotatable bonds is 6. The second-order valence-electron chi connectivity index (χ2n) is 4.85. The van der Waals surface area contributed by atoms with Crippen LogP contribution < -0.4 is 5.32 Å². The van der Waals surface area contributed by atoms with Crippen LogP contribution in [0.2, 0.25) is 0 Å². The van der Waals surface area contributed by atoms with Gasteiger partial charge in [0, 0.05) is 24.8 Å². The van der Waals surface area contributed by atoms with Gasteiger partial charge in [-0.25, -0.2) is 0 Å². The molecule has 1 aromatic heterocycles. The predicted octanol–water partition coefficient (Wildman–Crippen LogP) is 2.79. The van der Waals surface area contributed by atoms with Crippen molar-refractivity contribution in [2.75, 3.05) is 13.7 Å². The van der Waals surface area contributed by atoms with E-state index in [1.54, 1.807) is 0 Å². The molecule has 0 saturated carbocycles. The van der Waals surface area contributed by atoms with Gasteiger partial charge >= 0.3 is 0 Å². The average Bonchev–Trinajstić information content (AvgIpc) is 2.72.